The maximum atomic E-state index is 12.8. The van der Waals surface area contributed by atoms with E-state index in [4.69, 9.17) is 4.98 Å². The van der Waals surface area contributed by atoms with Gasteiger partial charge in [0.25, 0.3) is 5.91 Å². The van der Waals surface area contributed by atoms with Crippen molar-refractivity contribution in [2.45, 2.75) is 32.2 Å². The molecule has 26 heavy (non-hydrogen) atoms. The van der Waals surface area contributed by atoms with Crippen LogP contribution in [-0.4, -0.2) is 37.4 Å². The lowest BCUT2D eigenvalue weighted by Gasteiger charge is -2.17. The van der Waals surface area contributed by atoms with Gasteiger partial charge in [-0.15, -0.1) is 0 Å². The zero-order valence-electron chi connectivity index (χ0n) is 15.2. The van der Waals surface area contributed by atoms with E-state index in [9.17, 15) is 4.79 Å². The number of aromatic amines is 1. The van der Waals surface area contributed by atoms with Gasteiger partial charge in [-0.25, -0.2) is 9.97 Å². The SMILES string of the molecule is CN(Cc1nc2c(n1C)CCCC2)C(=O)c1ccc(-c2ncc[nH]2)cc1. The first-order chi connectivity index (χ1) is 12.6. The highest BCUT2D eigenvalue weighted by molar-refractivity contribution is 5.94. The van der Waals surface area contributed by atoms with Crippen molar-refractivity contribution in [2.24, 2.45) is 7.05 Å². The summed E-state index contributed by atoms with van der Waals surface area (Å²) in [6, 6.07) is 7.53. The molecule has 0 radical (unpaired) electrons. The fraction of sp³-hybridized carbons (Fsp3) is 0.350. The number of fused-ring (bicyclic) bond motifs is 1. The number of benzene rings is 1. The molecule has 2 aromatic heterocycles. The molecule has 4 rings (SSSR count). The summed E-state index contributed by atoms with van der Waals surface area (Å²) in [5.74, 6) is 1.76. The summed E-state index contributed by atoms with van der Waals surface area (Å²) >= 11 is 0. The molecule has 0 saturated carbocycles. The molecule has 134 valence electrons. The molecular weight excluding hydrogens is 326 g/mol. The van der Waals surface area contributed by atoms with Crippen molar-refractivity contribution in [1.29, 1.82) is 0 Å². The van der Waals surface area contributed by atoms with Gasteiger partial charge >= 0.3 is 0 Å². The number of nitrogens with zero attached hydrogens (tertiary/aromatic N) is 4. The first kappa shape index (κ1) is 16.6. The predicted octanol–water partition coefficient (Wildman–Crippen LogP) is 2.96. The molecule has 0 spiro atoms. The second-order valence-electron chi connectivity index (χ2n) is 6.86. The largest absolute Gasteiger partial charge is 0.345 e. The van der Waals surface area contributed by atoms with Crippen LogP contribution in [0.4, 0.5) is 0 Å². The Hall–Kier alpha value is -2.89. The van der Waals surface area contributed by atoms with Gasteiger partial charge in [0.1, 0.15) is 11.6 Å². The number of imidazole rings is 2. The fourth-order valence-corrected chi connectivity index (χ4v) is 3.58. The Balaban J connectivity index is 1.49. The van der Waals surface area contributed by atoms with Gasteiger partial charge in [-0.05, 0) is 37.8 Å². The Morgan fingerprint density at radius 2 is 2.00 bits per heavy atom. The lowest BCUT2D eigenvalue weighted by molar-refractivity contribution is 0.0780. The van der Waals surface area contributed by atoms with Crippen molar-refractivity contribution in [1.82, 2.24) is 24.4 Å². The molecule has 3 aromatic rings. The summed E-state index contributed by atoms with van der Waals surface area (Å²) in [7, 11) is 3.89. The van der Waals surface area contributed by atoms with Crippen molar-refractivity contribution < 1.29 is 4.79 Å². The molecule has 1 aliphatic rings. The molecule has 1 amide bonds. The minimum atomic E-state index is -0.00281. The van der Waals surface area contributed by atoms with E-state index in [1.807, 2.05) is 31.3 Å². The average molecular weight is 349 g/mol. The number of hydrogen-bond donors (Lipinski definition) is 1. The molecule has 0 unspecified atom stereocenters. The molecule has 1 aliphatic carbocycles. The first-order valence-electron chi connectivity index (χ1n) is 9.02. The van der Waals surface area contributed by atoms with Crippen molar-refractivity contribution in [3.8, 4) is 11.4 Å². The van der Waals surface area contributed by atoms with Crippen molar-refractivity contribution in [3.05, 3.63) is 59.4 Å². The van der Waals surface area contributed by atoms with E-state index in [1.54, 1.807) is 17.3 Å². The van der Waals surface area contributed by atoms with E-state index in [1.165, 1.54) is 24.2 Å². The highest BCUT2D eigenvalue weighted by atomic mass is 16.2. The van der Waals surface area contributed by atoms with Crippen LogP contribution in [0, 0.1) is 0 Å². The predicted molar refractivity (Wildman–Crippen MR) is 99.7 cm³/mol. The molecule has 6 nitrogen and oxygen atoms in total. The van der Waals surface area contributed by atoms with Crippen molar-refractivity contribution in [3.63, 3.8) is 0 Å². The summed E-state index contributed by atoms with van der Waals surface area (Å²) in [5, 5.41) is 0. The quantitative estimate of drug-likeness (QED) is 0.787. The molecule has 2 heterocycles. The van der Waals surface area contributed by atoms with Crippen molar-refractivity contribution in [2.75, 3.05) is 7.05 Å². The third kappa shape index (κ3) is 3.03. The van der Waals surface area contributed by atoms with Crippen molar-refractivity contribution >= 4 is 5.91 Å². The minimum Gasteiger partial charge on any atom is -0.345 e. The Morgan fingerprint density at radius 1 is 1.23 bits per heavy atom. The van der Waals surface area contributed by atoms with E-state index in [0.717, 1.165) is 30.1 Å². The maximum Gasteiger partial charge on any atom is 0.254 e. The molecule has 6 heteroatoms. The molecule has 0 bridgehead atoms. The van der Waals surface area contributed by atoms with Crippen LogP contribution >= 0.6 is 0 Å². The third-order valence-electron chi connectivity index (χ3n) is 5.10. The highest BCUT2D eigenvalue weighted by Gasteiger charge is 2.20. The monoisotopic (exact) mass is 349 g/mol. The van der Waals surface area contributed by atoms with Gasteiger partial charge in [-0.2, -0.15) is 0 Å². The molecule has 0 aliphatic heterocycles. The van der Waals surface area contributed by atoms with Crippen LogP contribution in [0.1, 0.15) is 40.4 Å². The van der Waals surface area contributed by atoms with Crippen LogP contribution in [0.15, 0.2) is 36.7 Å². The number of amides is 1. The van der Waals surface area contributed by atoms with Crippen LogP contribution in [0.2, 0.25) is 0 Å². The Labute approximate surface area is 152 Å². The van der Waals surface area contributed by atoms with Gasteiger partial charge < -0.3 is 14.5 Å². The zero-order valence-corrected chi connectivity index (χ0v) is 15.2. The molecular formula is C20H23N5O. The van der Waals surface area contributed by atoms with E-state index < -0.39 is 0 Å². The van der Waals surface area contributed by atoms with Crippen LogP contribution in [0.5, 0.6) is 0 Å². The molecule has 1 N–H and O–H groups in total. The fourth-order valence-electron chi connectivity index (χ4n) is 3.58. The standard InChI is InChI=1S/C20H23N5O/c1-24(13-18-23-16-5-3-4-6-17(16)25(18)2)20(26)15-9-7-14(8-10-15)19-21-11-12-22-19/h7-12H,3-6,13H2,1-2H3,(H,21,22). The zero-order chi connectivity index (χ0) is 18.1. The Bertz CT molecular complexity index is 909. The molecule has 1 aromatic carbocycles. The van der Waals surface area contributed by atoms with E-state index in [0.29, 0.717) is 12.1 Å². The number of nitrogens with one attached hydrogen (secondary N) is 1. The smallest absolute Gasteiger partial charge is 0.254 e. The van der Waals surface area contributed by atoms with Gasteiger partial charge in [-0.3, -0.25) is 4.79 Å². The highest BCUT2D eigenvalue weighted by Crippen LogP contribution is 2.22. The molecule has 0 atom stereocenters. The first-order valence-corrected chi connectivity index (χ1v) is 9.02. The average Bonchev–Trinajstić information content (AvgIpc) is 3.31. The van der Waals surface area contributed by atoms with E-state index in [-0.39, 0.29) is 5.91 Å². The summed E-state index contributed by atoms with van der Waals surface area (Å²) in [4.78, 5) is 26.6. The summed E-state index contributed by atoms with van der Waals surface area (Å²) in [6.45, 7) is 0.516. The lowest BCUT2D eigenvalue weighted by atomic mass is 10.0. The second kappa shape index (κ2) is 6.78. The van der Waals surface area contributed by atoms with Gasteiger partial charge in [0, 0.05) is 43.3 Å². The topological polar surface area (TPSA) is 66.8 Å². The maximum absolute atomic E-state index is 12.8. The van der Waals surface area contributed by atoms with Gasteiger partial charge in [0.2, 0.25) is 0 Å². The number of hydrogen-bond acceptors (Lipinski definition) is 3. The van der Waals surface area contributed by atoms with Gasteiger partial charge in [0.05, 0.1) is 12.2 Å². The Morgan fingerprint density at radius 3 is 2.69 bits per heavy atom. The van der Waals surface area contributed by atoms with E-state index in [2.05, 4.69) is 21.6 Å². The van der Waals surface area contributed by atoms with Crippen LogP contribution in [0.25, 0.3) is 11.4 Å². The number of H-pyrrole nitrogens is 1. The Kier molecular flexibility index (Phi) is 4.32. The molecule has 0 fully saturated rings. The van der Waals surface area contributed by atoms with Crippen LogP contribution in [-0.2, 0) is 26.4 Å². The summed E-state index contributed by atoms with van der Waals surface area (Å²) in [6.07, 6.45) is 8.08. The van der Waals surface area contributed by atoms with Gasteiger partial charge in [0.15, 0.2) is 0 Å². The lowest BCUT2D eigenvalue weighted by Crippen LogP contribution is -2.27. The molecule has 0 saturated heterocycles. The number of rotatable bonds is 4. The summed E-state index contributed by atoms with van der Waals surface area (Å²) < 4.78 is 2.16. The number of aryl methyl sites for hydroxylation is 1. The summed E-state index contributed by atoms with van der Waals surface area (Å²) in [5.41, 5.74) is 4.17. The van der Waals surface area contributed by atoms with E-state index >= 15 is 0 Å². The third-order valence-corrected chi connectivity index (χ3v) is 5.10. The van der Waals surface area contributed by atoms with Gasteiger partial charge in [-0.1, -0.05) is 12.1 Å². The normalized spacial score (nSPS) is 13.5. The van der Waals surface area contributed by atoms with Crippen LogP contribution < -0.4 is 0 Å². The van der Waals surface area contributed by atoms with Crippen LogP contribution in [0.3, 0.4) is 0 Å². The second-order valence-corrected chi connectivity index (χ2v) is 6.86. The number of aromatic nitrogens is 4. The minimum absolute atomic E-state index is 0.00281. The number of carbonyl (C=O) groups is 1. The number of carbonyl (C=O) groups excluding carboxylic acids is 1.